The van der Waals surface area contributed by atoms with Crippen molar-refractivity contribution in [3.8, 4) is 11.8 Å². The normalized spacial score (nSPS) is 11.3. The maximum atomic E-state index is 12.9. The zero-order chi connectivity index (χ0) is 18.1. The summed E-state index contributed by atoms with van der Waals surface area (Å²) in [6.45, 7) is 1.90. The Morgan fingerprint density at radius 3 is 2.42 bits per heavy atom. The Kier molecular flexibility index (Phi) is 4.64. The quantitative estimate of drug-likeness (QED) is 0.863. The highest BCUT2D eigenvalue weighted by Crippen LogP contribution is 2.27. The van der Waals surface area contributed by atoms with E-state index in [1.165, 1.54) is 18.2 Å². The largest absolute Gasteiger partial charge is 0.431 e. The van der Waals surface area contributed by atoms with Gasteiger partial charge in [-0.1, -0.05) is 13.3 Å². The standard InChI is InChI=1S/C16H14F3N3O2/c1-3-4-10-7-12(6-5-11(10)9-20)22-14(23)8-13(16(17,18)19)21(2)15(22)24/h5-8H,3-4H2,1-2H3. The topological polar surface area (TPSA) is 67.8 Å². The molecule has 2 rings (SSSR count). The molecule has 126 valence electrons. The fourth-order valence-corrected chi connectivity index (χ4v) is 2.44. The number of aryl methyl sites for hydroxylation is 1. The zero-order valence-corrected chi connectivity index (χ0v) is 13.0. The molecule has 0 radical (unpaired) electrons. The smallest absolute Gasteiger partial charge is 0.292 e. The molecule has 0 fully saturated rings. The lowest BCUT2D eigenvalue weighted by Crippen LogP contribution is -2.40. The monoisotopic (exact) mass is 337 g/mol. The van der Waals surface area contributed by atoms with Gasteiger partial charge in [-0.05, 0) is 30.2 Å². The van der Waals surface area contributed by atoms with Gasteiger partial charge in [0.15, 0.2) is 0 Å². The minimum atomic E-state index is -4.80. The highest BCUT2D eigenvalue weighted by atomic mass is 19.4. The molecular formula is C16H14F3N3O2. The molecule has 24 heavy (non-hydrogen) atoms. The molecule has 0 N–H and O–H groups in total. The van der Waals surface area contributed by atoms with E-state index < -0.39 is 23.1 Å². The van der Waals surface area contributed by atoms with E-state index >= 15 is 0 Å². The lowest BCUT2D eigenvalue weighted by Gasteiger charge is -2.14. The average Bonchev–Trinajstić information content (AvgIpc) is 2.50. The van der Waals surface area contributed by atoms with Gasteiger partial charge in [0.2, 0.25) is 0 Å². The summed E-state index contributed by atoms with van der Waals surface area (Å²) in [6, 6.07) is 6.70. The molecule has 0 aliphatic carbocycles. The molecule has 1 aromatic heterocycles. The van der Waals surface area contributed by atoms with Gasteiger partial charge in [-0.25, -0.2) is 9.36 Å². The van der Waals surface area contributed by atoms with Crippen LogP contribution >= 0.6 is 0 Å². The molecular weight excluding hydrogens is 323 g/mol. The van der Waals surface area contributed by atoms with Crippen LogP contribution in [0.2, 0.25) is 0 Å². The van der Waals surface area contributed by atoms with E-state index in [0.717, 1.165) is 13.5 Å². The van der Waals surface area contributed by atoms with Gasteiger partial charge in [0.1, 0.15) is 5.69 Å². The molecule has 0 unspecified atom stereocenters. The summed E-state index contributed by atoms with van der Waals surface area (Å²) >= 11 is 0. The third-order valence-electron chi connectivity index (χ3n) is 3.60. The van der Waals surface area contributed by atoms with Gasteiger partial charge in [-0.15, -0.1) is 0 Å². The van der Waals surface area contributed by atoms with E-state index in [-0.39, 0.29) is 5.69 Å². The number of alkyl halides is 3. The van der Waals surface area contributed by atoms with Gasteiger partial charge in [0, 0.05) is 13.1 Å². The van der Waals surface area contributed by atoms with E-state index in [1.807, 2.05) is 13.0 Å². The minimum absolute atomic E-state index is 0.136. The van der Waals surface area contributed by atoms with Gasteiger partial charge in [0.25, 0.3) is 5.56 Å². The molecule has 0 aliphatic heterocycles. The van der Waals surface area contributed by atoms with Crippen LogP contribution in [0.4, 0.5) is 13.2 Å². The Balaban J connectivity index is 2.73. The van der Waals surface area contributed by atoms with Crippen LogP contribution < -0.4 is 11.2 Å². The lowest BCUT2D eigenvalue weighted by molar-refractivity contribution is -0.144. The zero-order valence-electron chi connectivity index (χ0n) is 13.0. The number of rotatable bonds is 3. The number of halogens is 3. The molecule has 2 aromatic rings. The maximum Gasteiger partial charge on any atom is 0.431 e. The second-order valence-corrected chi connectivity index (χ2v) is 5.25. The van der Waals surface area contributed by atoms with Crippen LogP contribution in [0.5, 0.6) is 0 Å². The molecule has 0 saturated heterocycles. The number of hydrogen-bond donors (Lipinski definition) is 0. The van der Waals surface area contributed by atoms with Crippen LogP contribution in [0, 0.1) is 11.3 Å². The van der Waals surface area contributed by atoms with Crippen LogP contribution in [0.25, 0.3) is 5.69 Å². The Morgan fingerprint density at radius 2 is 1.88 bits per heavy atom. The lowest BCUT2D eigenvalue weighted by atomic mass is 10.0. The van der Waals surface area contributed by atoms with Crippen LogP contribution in [0.15, 0.2) is 33.9 Å². The summed E-state index contributed by atoms with van der Waals surface area (Å²) in [5.74, 6) is 0. The molecule has 1 aromatic carbocycles. The van der Waals surface area contributed by atoms with E-state index in [0.29, 0.717) is 32.7 Å². The second kappa shape index (κ2) is 6.35. The van der Waals surface area contributed by atoms with Crippen LogP contribution in [0.3, 0.4) is 0 Å². The van der Waals surface area contributed by atoms with Gasteiger partial charge in [0.05, 0.1) is 17.3 Å². The third kappa shape index (κ3) is 3.11. The average molecular weight is 337 g/mol. The molecule has 5 nitrogen and oxygen atoms in total. The number of aromatic nitrogens is 2. The third-order valence-corrected chi connectivity index (χ3v) is 3.60. The first-order chi connectivity index (χ1) is 11.2. The second-order valence-electron chi connectivity index (χ2n) is 5.25. The summed E-state index contributed by atoms with van der Waals surface area (Å²) in [7, 11) is 0.956. The van der Waals surface area contributed by atoms with Crippen molar-refractivity contribution in [1.82, 2.24) is 9.13 Å². The molecule has 0 bridgehead atoms. The molecule has 0 atom stereocenters. The van der Waals surface area contributed by atoms with E-state index in [9.17, 15) is 22.8 Å². The first-order valence-electron chi connectivity index (χ1n) is 7.14. The number of nitrogens with zero attached hydrogens (tertiary/aromatic N) is 3. The van der Waals surface area contributed by atoms with Crippen molar-refractivity contribution >= 4 is 0 Å². The first kappa shape index (κ1) is 17.5. The molecule has 1 heterocycles. The van der Waals surface area contributed by atoms with Crippen molar-refractivity contribution in [2.75, 3.05) is 0 Å². The van der Waals surface area contributed by atoms with Crippen molar-refractivity contribution in [2.24, 2.45) is 7.05 Å². The van der Waals surface area contributed by atoms with Gasteiger partial charge in [-0.3, -0.25) is 9.36 Å². The summed E-state index contributed by atoms with van der Waals surface area (Å²) in [6.07, 6.45) is -3.52. The SMILES string of the molecule is CCCc1cc(-n2c(=O)cc(C(F)(F)F)n(C)c2=O)ccc1C#N. The van der Waals surface area contributed by atoms with Gasteiger partial charge in [-0.2, -0.15) is 18.4 Å². The van der Waals surface area contributed by atoms with E-state index in [2.05, 4.69) is 0 Å². The van der Waals surface area contributed by atoms with Crippen molar-refractivity contribution in [2.45, 2.75) is 25.9 Å². The van der Waals surface area contributed by atoms with Crippen molar-refractivity contribution < 1.29 is 13.2 Å². The summed E-state index contributed by atoms with van der Waals surface area (Å²) in [4.78, 5) is 24.3. The summed E-state index contributed by atoms with van der Waals surface area (Å²) < 4.78 is 39.6. The fraction of sp³-hybridized carbons (Fsp3) is 0.312. The predicted molar refractivity (Wildman–Crippen MR) is 81.0 cm³/mol. The number of nitriles is 1. The molecule has 0 saturated carbocycles. The van der Waals surface area contributed by atoms with Crippen LogP contribution in [0.1, 0.15) is 30.2 Å². The Morgan fingerprint density at radius 1 is 1.21 bits per heavy atom. The molecule has 0 spiro atoms. The number of benzene rings is 1. The van der Waals surface area contributed by atoms with Gasteiger partial charge < -0.3 is 0 Å². The molecule has 8 heteroatoms. The van der Waals surface area contributed by atoms with E-state index in [1.54, 1.807) is 0 Å². The van der Waals surface area contributed by atoms with Gasteiger partial charge >= 0.3 is 11.9 Å². The highest BCUT2D eigenvalue weighted by molar-refractivity contribution is 5.46. The minimum Gasteiger partial charge on any atom is -0.292 e. The Hall–Kier alpha value is -2.82. The van der Waals surface area contributed by atoms with Crippen molar-refractivity contribution in [3.63, 3.8) is 0 Å². The molecule has 0 aliphatic rings. The fourth-order valence-electron chi connectivity index (χ4n) is 2.44. The Labute approximate surface area is 135 Å². The Bertz CT molecular complexity index is 934. The van der Waals surface area contributed by atoms with Crippen LogP contribution in [-0.2, 0) is 19.6 Å². The molecule has 0 amide bonds. The maximum absolute atomic E-state index is 12.9. The summed E-state index contributed by atoms with van der Waals surface area (Å²) in [5.41, 5.74) is -2.31. The predicted octanol–water partition coefficient (Wildman–Crippen LogP) is 2.38. The summed E-state index contributed by atoms with van der Waals surface area (Å²) in [5, 5.41) is 9.08. The van der Waals surface area contributed by atoms with Crippen molar-refractivity contribution in [1.29, 1.82) is 5.26 Å². The number of hydrogen-bond acceptors (Lipinski definition) is 3. The highest BCUT2D eigenvalue weighted by Gasteiger charge is 2.35. The van der Waals surface area contributed by atoms with Crippen LogP contribution in [-0.4, -0.2) is 9.13 Å². The van der Waals surface area contributed by atoms with Crippen molar-refractivity contribution in [3.05, 3.63) is 61.9 Å². The first-order valence-corrected chi connectivity index (χ1v) is 7.14. The van der Waals surface area contributed by atoms with E-state index in [4.69, 9.17) is 5.26 Å².